The Hall–Kier alpha value is -2.15. The lowest BCUT2D eigenvalue weighted by Gasteiger charge is -2.25. The van der Waals surface area contributed by atoms with Gasteiger partial charge in [-0.1, -0.05) is 0 Å². The predicted molar refractivity (Wildman–Crippen MR) is 71.5 cm³/mol. The van der Waals surface area contributed by atoms with E-state index < -0.39 is 23.5 Å². The number of aryl methyl sites for hydroxylation is 1. The molecule has 1 aromatic heterocycles. The molecule has 0 radical (unpaired) electrons. The average molecular weight is 279 g/mol. The quantitative estimate of drug-likeness (QED) is 0.766. The predicted octanol–water partition coefficient (Wildman–Crippen LogP) is 1.00. The zero-order chi connectivity index (χ0) is 14.8. The molecule has 1 saturated heterocycles. The van der Waals surface area contributed by atoms with Crippen LogP contribution in [0.2, 0.25) is 0 Å². The fourth-order valence-corrected chi connectivity index (χ4v) is 2.03. The first-order chi connectivity index (χ1) is 9.41. The Balaban J connectivity index is 2.00. The number of carboxylic acids is 1. The summed E-state index contributed by atoms with van der Waals surface area (Å²) in [5, 5.41) is 14.5. The third-order valence-corrected chi connectivity index (χ3v) is 3.38. The van der Waals surface area contributed by atoms with Gasteiger partial charge in [0.2, 0.25) is 0 Å². The van der Waals surface area contributed by atoms with Crippen LogP contribution in [0.1, 0.15) is 12.5 Å². The van der Waals surface area contributed by atoms with Crippen LogP contribution in [0.15, 0.2) is 18.5 Å². The summed E-state index contributed by atoms with van der Waals surface area (Å²) in [6.07, 6.45) is 3.20. The summed E-state index contributed by atoms with van der Waals surface area (Å²) in [5.41, 5.74) is 0.364. The molecule has 0 aromatic carbocycles. The van der Waals surface area contributed by atoms with Gasteiger partial charge in [0.15, 0.2) is 0 Å². The van der Waals surface area contributed by atoms with Crippen molar-refractivity contribution >= 4 is 17.7 Å². The summed E-state index contributed by atoms with van der Waals surface area (Å²) in [4.78, 5) is 27.1. The number of hydrogen-bond acceptors (Lipinski definition) is 4. The number of carboxylic acid groups (broad SMARTS) is 1. The monoisotopic (exact) mass is 279 g/mol. The number of urea groups is 1. The largest absolute Gasteiger partial charge is 0.481 e. The molecule has 1 fully saturated rings. The first-order valence-corrected chi connectivity index (χ1v) is 6.22. The number of nitrogens with zero attached hydrogens (tertiary/aromatic N) is 1. The van der Waals surface area contributed by atoms with Crippen molar-refractivity contribution in [1.29, 1.82) is 0 Å². The van der Waals surface area contributed by atoms with Crippen LogP contribution in [-0.4, -0.2) is 41.3 Å². The van der Waals surface area contributed by atoms with Crippen LogP contribution in [0.4, 0.5) is 10.5 Å². The first kappa shape index (κ1) is 14.3. The number of rotatable bonds is 3. The van der Waals surface area contributed by atoms with Gasteiger partial charge in [-0.15, -0.1) is 0 Å². The molecule has 0 spiro atoms. The van der Waals surface area contributed by atoms with Gasteiger partial charge in [-0.25, -0.2) is 4.79 Å². The molecule has 1 aliphatic rings. The zero-order valence-corrected chi connectivity index (χ0v) is 11.3. The van der Waals surface area contributed by atoms with Crippen molar-refractivity contribution in [3.05, 3.63) is 24.0 Å². The van der Waals surface area contributed by atoms with Gasteiger partial charge in [-0.05, 0) is 25.5 Å². The summed E-state index contributed by atoms with van der Waals surface area (Å²) in [6.45, 7) is 3.69. The van der Waals surface area contributed by atoms with Crippen molar-refractivity contribution in [3.63, 3.8) is 0 Å². The van der Waals surface area contributed by atoms with E-state index in [0.717, 1.165) is 5.56 Å². The molecule has 0 saturated carbocycles. The minimum absolute atomic E-state index is 0.0826. The van der Waals surface area contributed by atoms with E-state index in [2.05, 4.69) is 15.6 Å². The first-order valence-electron chi connectivity index (χ1n) is 6.22. The van der Waals surface area contributed by atoms with Crippen molar-refractivity contribution < 1.29 is 19.4 Å². The maximum Gasteiger partial charge on any atom is 0.319 e. The molecule has 2 amide bonds. The molecule has 2 unspecified atom stereocenters. The Kier molecular flexibility index (Phi) is 3.89. The average Bonchev–Trinajstić information content (AvgIpc) is 2.72. The summed E-state index contributed by atoms with van der Waals surface area (Å²) in [5.74, 6) is -0.988. The Labute approximate surface area is 116 Å². The molecule has 2 atom stereocenters. The second-order valence-electron chi connectivity index (χ2n) is 5.14. The Bertz CT molecular complexity index is 534. The van der Waals surface area contributed by atoms with E-state index in [1.165, 1.54) is 6.20 Å². The fourth-order valence-electron chi connectivity index (χ4n) is 2.03. The van der Waals surface area contributed by atoms with Gasteiger partial charge in [0, 0.05) is 6.20 Å². The lowest BCUT2D eigenvalue weighted by atomic mass is 9.85. The van der Waals surface area contributed by atoms with Crippen molar-refractivity contribution in [3.8, 4) is 0 Å². The third-order valence-electron chi connectivity index (χ3n) is 3.38. The smallest absolute Gasteiger partial charge is 0.319 e. The van der Waals surface area contributed by atoms with Gasteiger partial charge in [0.25, 0.3) is 0 Å². The highest BCUT2D eigenvalue weighted by molar-refractivity contribution is 5.90. The minimum atomic E-state index is -1.11. The van der Waals surface area contributed by atoms with Crippen LogP contribution >= 0.6 is 0 Å². The van der Waals surface area contributed by atoms with Crippen molar-refractivity contribution in [1.82, 2.24) is 10.3 Å². The zero-order valence-electron chi connectivity index (χ0n) is 11.3. The second kappa shape index (κ2) is 5.46. The maximum atomic E-state index is 11.9. The highest BCUT2D eigenvalue weighted by Crippen LogP contribution is 2.28. The molecule has 3 N–H and O–H groups in total. The molecule has 1 aliphatic heterocycles. The number of ether oxygens (including phenoxy) is 1. The van der Waals surface area contributed by atoms with Gasteiger partial charge in [0.1, 0.15) is 5.41 Å². The van der Waals surface area contributed by atoms with E-state index in [1.807, 2.05) is 6.92 Å². The van der Waals surface area contributed by atoms with Gasteiger partial charge in [0.05, 0.1) is 31.1 Å². The lowest BCUT2D eigenvalue weighted by molar-refractivity contribution is -0.148. The van der Waals surface area contributed by atoms with Crippen LogP contribution in [0.5, 0.6) is 0 Å². The normalized spacial score (nSPS) is 25.2. The van der Waals surface area contributed by atoms with E-state index in [9.17, 15) is 14.7 Å². The van der Waals surface area contributed by atoms with Gasteiger partial charge in [-0.3, -0.25) is 9.78 Å². The van der Waals surface area contributed by atoms with E-state index in [-0.39, 0.29) is 13.2 Å². The lowest BCUT2D eigenvalue weighted by Crippen LogP contribution is -2.50. The Morgan fingerprint density at radius 3 is 2.90 bits per heavy atom. The number of carbonyl (C=O) groups excluding carboxylic acids is 1. The van der Waals surface area contributed by atoms with E-state index in [1.54, 1.807) is 19.2 Å². The van der Waals surface area contributed by atoms with Crippen LogP contribution in [0.3, 0.4) is 0 Å². The number of carbonyl (C=O) groups is 2. The molecule has 1 aromatic rings. The standard InChI is InChI=1S/C13H17N3O4/c1-8-3-9(5-14-4-8)15-12(19)16-10-6-20-7-13(10,2)11(17)18/h3-5,10H,6-7H2,1-2H3,(H,17,18)(H2,15,16,19). The van der Waals surface area contributed by atoms with Crippen molar-refractivity contribution in [2.24, 2.45) is 5.41 Å². The number of aliphatic carboxylic acids is 1. The summed E-state index contributed by atoms with van der Waals surface area (Å²) in [7, 11) is 0. The van der Waals surface area contributed by atoms with E-state index in [0.29, 0.717) is 5.69 Å². The molecule has 2 rings (SSSR count). The van der Waals surface area contributed by atoms with Crippen LogP contribution < -0.4 is 10.6 Å². The molecule has 7 heteroatoms. The van der Waals surface area contributed by atoms with Gasteiger partial charge in [-0.2, -0.15) is 0 Å². The molecular weight excluding hydrogens is 262 g/mol. The minimum Gasteiger partial charge on any atom is -0.481 e. The van der Waals surface area contributed by atoms with E-state index >= 15 is 0 Å². The molecular formula is C13H17N3O4. The van der Waals surface area contributed by atoms with E-state index in [4.69, 9.17) is 4.74 Å². The summed E-state index contributed by atoms with van der Waals surface area (Å²) in [6, 6.07) is 0.729. The number of nitrogens with one attached hydrogen (secondary N) is 2. The van der Waals surface area contributed by atoms with Gasteiger partial charge < -0.3 is 20.5 Å². The highest BCUT2D eigenvalue weighted by Gasteiger charge is 2.47. The van der Waals surface area contributed by atoms with Crippen LogP contribution in [-0.2, 0) is 9.53 Å². The number of anilines is 1. The molecule has 20 heavy (non-hydrogen) atoms. The summed E-state index contributed by atoms with van der Waals surface area (Å²) >= 11 is 0. The maximum absolute atomic E-state index is 11.9. The topological polar surface area (TPSA) is 101 Å². The fraction of sp³-hybridized carbons (Fsp3) is 0.462. The second-order valence-corrected chi connectivity index (χ2v) is 5.14. The third kappa shape index (κ3) is 2.88. The van der Waals surface area contributed by atoms with Crippen LogP contribution in [0, 0.1) is 12.3 Å². The number of aromatic nitrogens is 1. The Morgan fingerprint density at radius 1 is 1.50 bits per heavy atom. The molecule has 108 valence electrons. The molecule has 7 nitrogen and oxygen atoms in total. The number of pyridine rings is 1. The molecule has 2 heterocycles. The SMILES string of the molecule is Cc1cncc(NC(=O)NC2COCC2(C)C(=O)O)c1. The van der Waals surface area contributed by atoms with Crippen molar-refractivity contribution in [2.75, 3.05) is 18.5 Å². The molecule has 0 aliphatic carbocycles. The van der Waals surface area contributed by atoms with Crippen LogP contribution in [0.25, 0.3) is 0 Å². The molecule has 0 bridgehead atoms. The number of hydrogen-bond donors (Lipinski definition) is 3. The van der Waals surface area contributed by atoms with Crippen molar-refractivity contribution in [2.45, 2.75) is 19.9 Å². The highest BCUT2D eigenvalue weighted by atomic mass is 16.5. The van der Waals surface area contributed by atoms with Gasteiger partial charge >= 0.3 is 12.0 Å². The Morgan fingerprint density at radius 2 is 2.25 bits per heavy atom. The number of amides is 2. The summed E-state index contributed by atoms with van der Waals surface area (Å²) < 4.78 is 5.17.